The maximum Gasteiger partial charge on any atom is 0.264 e. The average Bonchev–Trinajstić information content (AvgIpc) is 2.98. The van der Waals surface area contributed by atoms with Crippen LogP contribution < -0.4 is 0 Å². The Morgan fingerprint density at radius 3 is 1.28 bits per heavy atom. The quantitative estimate of drug-likeness (QED) is 0.715. The van der Waals surface area contributed by atoms with E-state index in [1.165, 1.54) is 0 Å². The Balaban J connectivity index is 0.000000358. The van der Waals surface area contributed by atoms with Gasteiger partial charge in [0.05, 0.1) is 11.5 Å². The Morgan fingerprint density at radius 2 is 1.16 bits per heavy atom. The summed E-state index contributed by atoms with van der Waals surface area (Å²) >= 11 is 0. The summed E-state index contributed by atoms with van der Waals surface area (Å²) in [6.07, 6.45) is 7.12. The summed E-state index contributed by atoms with van der Waals surface area (Å²) in [6, 6.07) is 0. The first kappa shape index (κ1) is 23.2. The molecule has 12 heteroatoms. The van der Waals surface area contributed by atoms with E-state index in [0.29, 0.717) is 0 Å². The van der Waals surface area contributed by atoms with Crippen molar-refractivity contribution in [3.05, 3.63) is 36.4 Å². The van der Waals surface area contributed by atoms with E-state index >= 15 is 0 Å². The highest BCUT2D eigenvalue weighted by Crippen LogP contribution is 1.92. The number of nitrogens with zero attached hydrogens (tertiary/aromatic N) is 4. The molecule has 0 aliphatic carbocycles. The predicted molar refractivity (Wildman–Crippen MR) is 93.3 cm³/mol. The Bertz CT molecular complexity index is 736. The summed E-state index contributed by atoms with van der Waals surface area (Å²) in [5, 5.41) is 0. The molecule has 0 aromatic carbocycles. The molecule has 144 valence electrons. The minimum atomic E-state index is -4.12. The monoisotopic (exact) mass is 396 g/mol. The second-order valence-corrected chi connectivity index (χ2v) is 8.24. The lowest BCUT2D eigenvalue weighted by molar-refractivity contribution is 0.477. The molecule has 0 aliphatic rings. The Kier molecular flexibility index (Phi) is 9.56. The molecule has 0 saturated heterocycles. The van der Waals surface area contributed by atoms with Crippen LogP contribution >= 0.6 is 0 Å². The van der Waals surface area contributed by atoms with E-state index < -0.39 is 31.7 Å². The van der Waals surface area contributed by atoms with Crippen LogP contribution in [0.5, 0.6) is 0 Å². The van der Waals surface area contributed by atoms with Crippen LogP contribution in [0.15, 0.2) is 24.8 Å². The van der Waals surface area contributed by atoms with Crippen molar-refractivity contribution in [1.29, 1.82) is 0 Å². The van der Waals surface area contributed by atoms with Gasteiger partial charge < -0.3 is 9.13 Å². The van der Waals surface area contributed by atoms with Gasteiger partial charge in [-0.25, -0.2) is 9.97 Å². The zero-order valence-corrected chi connectivity index (χ0v) is 16.2. The van der Waals surface area contributed by atoms with Crippen molar-refractivity contribution in [1.82, 2.24) is 19.1 Å². The smallest absolute Gasteiger partial charge is 0.264 e. The summed E-state index contributed by atoms with van der Waals surface area (Å²) in [7, 11) is -4.30. The average molecular weight is 396 g/mol. The van der Waals surface area contributed by atoms with E-state index in [1.54, 1.807) is 12.4 Å². The topological polar surface area (TPSA) is 144 Å². The van der Waals surface area contributed by atoms with Gasteiger partial charge in [0.15, 0.2) is 0 Å². The Morgan fingerprint density at radius 1 is 0.840 bits per heavy atom. The normalized spacial score (nSPS) is 11.1. The molecule has 2 aromatic rings. The van der Waals surface area contributed by atoms with Gasteiger partial charge in [0.2, 0.25) is 0 Å². The van der Waals surface area contributed by atoms with Crippen LogP contribution in [0, 0.1) is 13.8 Å². The van der Waals surface area contributed by atoms with Crippen molar-refractivity contribution in [2.45, 2.75) is 20.3 Å². The number of aromatic nitrogens is 4. The van der Waals surface area contributed by atoms with E-state index in [1.807, 2.05) is 49.5 Å². The van der Waals surface area contributed by atoms with Gasteiger partial charge in [0.1, 0.15) is 11.6 Å². The van der Waals surface area contributed by atoms with Gasteiger partial charge in [-0.2, -0.15) is 16.8 Å². The predicted octanol–water partition coefficient (Wildman–Crippen LogP) is 0.609. The number of imidazole rings is 2. The SMILES string of the molecule is Cc1nccn1C.Cc1nccn1C.O=S(=O)(O)CCCS(=O)(=O)O. The lowest BCUT2D eigenvalue weighted by atomic mass is 10.6. The van der Waals surface area contributed by atoms with Gasteiger partial charge in [-0.05, 0) is 20.3 Å². The van der Waals surface area contributed by atoms with Gasteiger partial charge in [-0.1, -0.05) is 0 Å². The zero-order valence-electron chi connectivity index (χ0n) is 14.6. The molecule has 10 nitrogen and oxygen atoms in total. The molecular formula is C13H24N4O6S2. The molecule has 0 spiro atoms. The molecule has 0 fully saturated rings. The van der Waals surface area contributed by atoms with Crippen molar-refractivity contribution in [2.75, 3.05) is 11.5 Å². The third-order valence-corrected chi connectivity index (χ3v) is 4.54. The van der Waals surface area contributed by atoms with Crippen LogP contribution in [0.4, 0.5) is 0 Å². The summed E-state index contributed by atoms with van der Waals surface area (Å²) in [5.74, 6) is 0.791. The van der Waals surface area contributed by atoms with E-state index in [0.717, 1.165) is 11.6 Å². The van der Waals surface area contributed by atoms with E-state index in [2.05, 4.69) is 9.97 Å². The molecule has 0 unspecified atom stereocenters. The van der Waals surface area contributed by atoms with Gasteiger partial charge >= 0.3 is 0 Å². The van der Waals surface area contributed by atoms with Crippen molar-refractivity contribution in [3.8, 4) is 0 Å². The summed E-state index contributed by atoms with van der Waals surface area (Å²) in [5.41, 5.74) is 0. The Labute approximate surface area is 148 Å². The van der Waals surface area contributed by atoms with E-state index in [4.69, 9.17) is 9.11 Å². The molecule has 0 bridgehead atoms. The van der Waals surface area contributed by atoms with Crippen LogP contribution in [0.25, 0.3) is 0 Å². The van der Waals surface area contributed by atoms with Crippen molar-refractivity contribution in [3.63, 3.8) is 0 Å². The second-order valence-electron chi connectivity index (χ2n) is 5.10. The highest BCUT2D eigenvalue weighted by Gasteiger charge is 2.09. The highest BCUT2D eigenvalue weighted by atomic mass is 32.2. The lowest BCUT2D eigenvalue weighted by Crippen LogP contribution is -2.10. The molecule has 25 heavy (non-hydrogen) atoms. The fourth-order valence-electron chi connectivity index (χ4n) is 1.30. The zero-order chi connectivity index (χ0) is 19.7. The van der Waals surface area contributed by atoms with Crippen molar-refractivity contribution >= 4 is 20.2 Å². The molecule has 2 rings (SSSR count). The molecule has 0 radical (unpaired) electrons. The van der Waals surface area contributed by atoms with Crippen LogP contribution in [-0.2, 0) is 34.3 Å². The van der Waals surface area contributed by atoms with Gasteiger partial charge in [0.25, 0.3) is 20.2 Å². The van der Waals surface area contributed by atoms with Crippen LogP contribution in [0.3, 0.4) is 0 Å². The van der Waals surface area contributed by atoms with Crippen molar-refractivity contribution < 1.29 is 25.9 Å². The number of aryl methyl sites for hydroxylation is 4. The molecular weight excluding hydrogens is 372 g/mol. The highest BCUT2D eigenvalue weighted by molar-refractivity contribution is 7.86. The Hall–Kier alpha value is -1.76. The first-order valence-electron chi connectivity index (χ1n) is 7.10. The number of rotatable bonds is 4. The maximum atomic E-state index is 10.00. The molecule has 0 aliphatic heterocycles. The molecule has 2 N–H and O–H groups in total. The minimum absolute atomic E-state index is 0.308. The van der Waals surface area contributed by atoms with E-state index in [9.17, 15) is 16.8 Å². The lowest BCUT2D eigenvalue weighted by Gasteiger charge is -1.94. The molecule has 2 aromatic heterocycles. The number of hydrogen-bond donors (Lipinski definition) is 2. The second kappa shape index (κ2) is 10.3. The van der Waals surface area contributed by atoms with Gasteiger partial charge in [-0.3, -0.25) is 9.11 Å². The summed E-state index contributed by atoms with van der Waals surface area (Å²) < 4.78 is 60.1. The van der Waals surface area contributed by atoms with Gasteiger partial charge in [0, 0.05) is 38.9 Å². The van der Waals surface area contributed by atoms with Crippen LogP contribution in [-0.4, -0.2) is 56.5 Å². The first-order valence-corrected chi connectivity index (χ1v) is 10.3. The minimum Gasteiger partial charge on any atom is -0.338 e. The fraction of sp³-hybridized carbons (Fsp3) is 0.538. The van der Waals surface area contributed by atoms with E-state index in [-0.39, 0.29) is 6.42 Å². The van der Waals surface area contributed by atoms with Gasteiger partial charge in [-0.15, -0.1) is 0 Å². The number of hydrogen-bond acceptors (Lipinski definition) is 6. The summed E-state index contributed by atoms with van der Waals surface area (Å²) in [6.45, 7) is 3.94. The maximum absolute atomic E-state index is 10.00. The standard InChI is InChI=1S/2C5H8N2.C3H8O6S2/c2*1-5-6-3-4-7(5)2;4-10(5,6)2-1-3-11(7,8)9/h2*3-4H,1-2H3;1-3H2,(H,4,5,6)(H,7,8,9). The molecule has 0 amide bonds. The summed E-state index contributed by atoms with van der Waals surface area (Å²) in [4.78, 5) is 7.96. The van der Waals surface area contributed by atoms with Crippen molar-refractivity contribution in [2.24, 2.45) is 14.1 Å². The fourth-order valence-corrected chi connectivity index (χ4v) is 2.51. The third-order valence-electron chi connectivity index (χ3n) is 2.93. The van der Waals surface area contributed by atoms with Crippen LogP contribution in [0.1, 0.15) is 18.1 Å². The first-order chi connectivity index (χ1) is 11.3. The van der Waals surface area contributed by atoms with Crippen LogP contribution in [0.2, 0.25) is 0 Å². The molecule has 0 atom stereocenters. The molecule has 0 saturated carbocycles. The molecule has 2 heterocycles. The third kappa shape index (κ3) is 13.2. The largest absolute Gasteiger partial charge is 0.338 e.